The molecule has 0 aliphatic rings. The van der Waals surface area contributed by atoms with Crippen LogP contribution < -0.4 is 5.43 Å². The Labute approximate surface area is 123 Å². The second kappa shape index (κ2) is 6.06. The van der Waals surface area contributed by atoms with Crippen LogP contribution >= 0.6 is 34.8 Å². The number of hydrazone groups is 1. The topological polar surface area (TPSA) is 70.4 Å². The van der Waals surface area contributed by atoms with Crippen molar-refractivity contribution in [1.82, 2.24) is 9.97 Å². The molecular formula is C11H7Cl3N4O. The second-order valence-corrected chi connectivity index (χ2v) is 4.59. The van der Waals surface area contributed by atoms with E-state index in [4.69, 9.17) is 34.8 Å². The normalized spacial score (nSPS) is 10.9. The summed E-state index contributed by atoms with van der Waals surface area (Å²) in [6, 6.07) is 2.95. The molecule has 0 aliphatic heterocycles. The summed E-state index contributed by atoms with van der Waals surface area (Å²) in [5, 5.41) is 14.3. The number of rotatable bonds is 3. The summed E-state index contributed by atoms with van der Waals surface area (Å²) < 4.78 is 0. The SMILES string of the molecule is Oc1c(Cl)cc(Cl)cc1/C=N\Nc1nccnc1Cl. The van der Waals surface area contributed by atoms with Crippen LogP contribution in [0.15, 0.2) is 29.6 Å². The monoisotopic (exact) mass is 316 g/mol. The minimum absolute atomic E-state index is 0.109. The lowest BCUT2D eigenvalue weighted by Crippen LogP contribution is -1.95. The maximum absolute atomic E-state index is 9.71. The van der Waals surface area contributed by atoms with Crippen molar-refractivity contribution in [2.75, 3.05) is 5.43 Å². The molecule has 2 rings (SSSR count). The highest BCUT2D eigenvalue weighted by Crippen LogP contribution is 2.30. The number of anilines is 1. The smallest absolute Gasteiger partial charge is 0.184 e. The van der Waals surface area contributed by atoms with Crippen molar-refractivity contribution in [2.24, 2.45) is 5.10 Å². The van der Waals surface area contributed by atoms with Crippen molar-refractivity contribution in [1.29, 1.82) is 0 Å². The van der Waals surface area contributed by atoms with Gasteiger partial charge >= 0.3 is 0 Å². The van der Waals surface area contributed by atoms with Gasteiger partial charge in [-0.25, -0.2) is 9.97 Å². The Bertz CT molecular complexity index is 633. The molecule has 0 amide bonds. The van der Waals surface area contributed by atoms with E-state index in [1.165, 1.54) is 30.7 Å². The number of nitrogens with one attached hydrogen (secondary N) is 1. The molecule has 1 heterocycles. The van der Waals surface area contributed by atoms with E-state index >= 15 is 0 Å². The molecular weight excluding hydrogens is 311 g/mol. The second-order valence-electron chi connectivity index (χ2n) is 3.39. The van der Waals surface area contributed by atoms with Gasteiger partial charge in [0, 0.05) is 23.0 Å². The lowest BCUT2D eigenvalue weighted by molar-refractivity contribution is 0.475. The first kappa shape index (κ1) is 13.9. The Morgan fingerprint density at radius 2 is 1.89 bits per heavy atom. The molecule has 0 unspecified atom stereocenters. The molecule has 5 nitrogen and oxygen atoms in total. The first-order valence-corrected chi connectivity index (χ1v) is 6.15. The van der Waals surface area contributed by atoms with Gasteiger partial charge in [0.2, 0.25) is 0 Å². The van der Waals surface area contributed by atoms with Crippen LogP contribution in [0.2, 0.25) is 15.2 Å². The highest BCUT2D eigenvalue weighted by atomic mass is 35.5. The lowest BCUT2D eigenvalue weighted by atomic mass is 10.2. The van der Waals surface area contributed by atoms with Crippen LogP contribution in [0.25, 0.3) is 0 Å². The highest BCUT2D eigenvalue weighted by Gasteiger charge is 2.06. The van der Waals surface area contributed by atoms with Crippen LogP contribution in [0.4, 0.5) is 5.82 Å². The van der Waals surface area contributed by atoms with Gasteiger partial charge in [-0.2, -0.15) is 5.10 Å². The predicted molar refractivity (Wildman–Crippen MR) is 76.4 cm³/mol. The number of halogens is 3. The third kappa shape index (κ3) is 3.47. The number of benzene rings is 1. The molecule has 0 bridgehead atoms. The number of hydrogen-bond acceptors (Lipinski definition) is 5. The Hall–Kier alpha value is -1.56. The molecule has 0 saturated carbocycles. The van der Waals surface area contributed by atoms with Crippen LogP contribution in [0, 0.1) is 0 Å². The number of phenolic OH excluding ortho intramolecular Hbond substituents is 1. The summed E-state index contributed by atoms with van der Waals surface area (Å²) in [6.07, 6.45) is 4.27. The Kier molecular flexibility index (Phi) is 4.42. The average molecular weight is 318 g/mol. The molecule has 8 heteroatoms. The number of aromatic hydroxyl groups is 1. The number of aromatic nitrogens is 2. The van der Waals surface area contributed by atoms with Crippen LogP contribution in [-0.4, -0.2) is 21.3 Å². The number of hydrogen-bond donors (Lipinski definition) is 2. The van der Waals surface area contributed by atoms with Crippen molar-refractivity contribution in [3.8, 4) is 5.75 Å². The maximum atomic E-state index is 9.71. The van der Waals surface area contributed by atoms with E-state index in [1.54, 1.807) is 0 Å². The van der Waals surface area contributed by atoms with Crippen LogP contribution in [0.5, 0.6) is 5.75 Å². The molecule has 0 spiro atoms. The fraction of sp³-hybridized carbons (Fsp3) is 0. The van der Waals surface area contributed by atoms with E-state index in [1.807, 2.05) is 0 Å². The molecule has 0 saturated heterocycles. The molecule has 2 N–H and O–H groups in total. The van der Waals surface area contributed by atoms with Crippen molar-refractivity contribution in [3.63, 3.8) is 0 Å². The quantitative estimate of drug-likeness (QED) is 0.670. The molecule has 0 aliphatic carbocycles. The highest BCUT2D eigenvalue weighted by molar-refractivity contribution is 6.36. The molecule has 0 radical (unpaired) electrons. The van der Waals surface area contributed by atoms with Crippen molar-refractivity contribution in [2.45, 2.75) is 0 Å². The third-order valence-corrected chi connectivity index (χ3v) is 2.87. The Balaban J connectivity index is 2.18. The molecule has 1 aromatic heterocycles. The van der Waals surface area contributed by atoms with Gasteiger partial charge < -0.3 is 5.11 Å². The van der Waals surface area contributed by atoms with E-state index < -0.39 is 0 Å². The standard InChI is InChI=1S/C11H7Cl3N4O/c12-7-3-6(9(19)8(13)4-7)5-17-18-11-10(14)15-1-2-16-11/h1-5,19H,(H,16,18)/b17-5-. The lowest BCUT2D eigenvalue weighted by Gasteiger charge is -2.03. The summed E-state index contributed by atoms with van der Waals surface area (Å²) in [7, 11) is 0. The van der Waals surface area contributed by atoms with E-state index in [2.05, 4.69) is 20.5 Å². The van der Waals surface area contributed by atoms with Crippen molar-refractivity contribution in [3.05, 3.63) is 45.3 Å². The van der Waals surface area contributed by atoms with Gasteiger partial charge in [-0.15, -0.1) is 0 Å². The zero-order chi connectivity index (χ0) is 13.8. The summed E-state index contributed by atoms with van der Waals surface area (Å²) in [4.78, 5) is 7.76. The fourth-order valence-electron chi connectivity index (χ4n) is 1.24. The van der Waals surface area contributed by atoms with Gasteiger partial charge in [0.25, 0.3) is 0 Å². The number of nitrogens with zero attached hydrogens (tertiary/aromatic N) is 3. The minimum atomic E-state index is -0.109. The maximum Gasteiger partial charge on any atom is 0.184 e. The first-order valence-electron chi connectivity index (χ1n) is 5.01. The first-order chi connectivity index (χ1) is 9.08. The minimum Gasteiger partial charge on any atom is -0.506 e. The van der Waals surface area contributed by atoms with Gasteiger partial charge in [0.1, 0.15) is 5.75 Å². The number of phenols is 1. The molecule has 0 fully saturated rings. The predicted octanol–water partition coefficient (Wildman–Crippen LogP) is 3.59. The van der Waals surface area contributed by atoms with Gasteiger partial charge in [-0.3, -0.25) is 5.43 Å². The Morgan fingerprint density at radius 1 is 1.16 bits per heavy atom. The van der Waals surface area contributed by atoms with Gasteiger partial charge in [-0.05, 0) is 12.1 Å². The summed E-state index contributed by atoms with van der Waals surface area (Å²) >= 11 is 17.4. The van der Waals surface area contributed by atoms with Gasteiger partial charge in [0.15, 0.2) is 11.0 Å². The molecule has 0 atom stereocenters. The average Bonchev–Trinajstić information content (AvgIpc) is 2.37. The third-order valence-electron chi connectivity index (χ3n) is 2.09. The zero-order valence-corrected chi connectivity index (χ0v) is 11.6. The van der Waals surface area contributed by atoms with E-state index in [0.717, 1.165) is 0 Å². The van der Waals surface area contributed by atoms with Crippen molar-refractivity contribution >= 4 is 46.8 Å². The summed E-state index contributed by atoms with van der Waals surface area (Å²) in [5.41, 5.74) is 2.96. The van der Waals surface area contributed by atoms with Crippen molar-refractivity contribution < 1.29 is 5.11 Å². The molecule has 19 heavy (non-hydrogen) atoms. The molecule has 2 aromatic rings. The fourth-order valence-corrected chi connectivity index (χ4v) is 1.90. The summed E-state index contributed by atoms with van der Waals surface area (Å²) in [5.74, 6) is 0.190. The molecule has 98 valence electrons. The van der Waals surface area contributed by atoms with Crippen LogP contribution in [0.1, 0.15) is 5.56 Å². The molecule has 1 aromatic carbocycles. The van der Waals surface area contributed by atoms with Gasteiger partial charge in [0.05, 0.1) is 11.2 Å². The Morgan fingerprint density at radius 3 is 2.63 bits per heavy atom. The van der Waals surface area contributed by atoms with E-state index in [-0.39, 0.29) is 15.9 Å². The van der Waals surface area contributed by atoms with Crippen LogP contribution in [-0.2, 0) is 0 Å². The largest absolute Gasteiger partial charge is 0.506 e. The zero-order valence-electron chi connectivity index (χ0n) is 9.31. The van der Waals surface area contributed by atoms with E-state index in [0.29, 0.717) is 16.4 Å². The summed E-state index contributed by atoms with van der Waals surface area (Å²) in [6.45, 7) is 0. The van der Waals surface area contributed by atoms with Gasteiger partial charge in [-0.1, -0.05) is 34.8 Å². The van der Waals surface area contributed by atoms with E-state index in [9.17, 15) is 5.11 Å². The van der Waals surface area contributed by atoms with Crippen LogP contribution in [0.3, 0.4) is 0 Å².